The van der Waals surface area contributed by atoms with Gasteiger partial charge in [0.25, 0.3) is 23.6 Å². The lowest BCUT2D eigenvalue weighted by molar-refractivity contribution is -0.0199. The highest BCUT2D eigenvalue weighted by Crippen LogP contribution is 2.51. The van der Waals surface area contributed by atoms with Gasteiger partial charge >= 0.3 is 0 Å². The van der Waals surface area contributed by atoms with E-state index in [-0.39, 0.29) is 34.0 Å². The summed E-state index contributed by atoms with van der Waals surface area (Å²) in [6.45, 7) is 22.1. The standard InChI is InChI=1S/C31H32BrN3O5Si.C31H30BrN3O3Si/c1-31(2,3)41(4,5)40-20-13-19(27(36)28(20)37)35-18-9-7-6-8-15(18)22-24-23(29(38)34-30(24)39)21-16-12-14(32)10-11-17(16)33-25(21)26(22)35;1-31(2,3)39(4,5)38-18-12-11-17(15-18)35-22-9-7-6-8-19(22)24-26-25(29(36)34-30(26)37)23-20-14-16(32)10-13-21(20)33-27(23)28(24)35/h6-12,19-20,27-28,33,36-37H,13H2,1-5H3,(H,34,38,39);6-14,17-18,33H,15H2,1-5H3,(H,34,36,37)/t19?,20-,27-,28+;17?,18-/m01/s1. The SMILES string of the molecule is CC(C)(C)[Si](C)(C)O[C@@H]1C=CC(n2c3ccccc3c3c4c(c5c6cc(Br)ccc6[nH]c5c32)C(=O)NC4=O)C1.CC(C)(C)[Si](C)(C)O[C@H]1CC(n2c3ccccc3c3c4c(c5c6cc(Br)ccc6[nH]c5c32)C(=O)NC4=O)[C@H](O)[C@@H]1O. The minimum atomic E-state index is -2.25. The summed E-state index contributed by atoms with van der Waals surface area (Å²) in [4.78, 5) is 60.4. The number of halogens is 2. The maximum Gasteiger partial charge on any atom is 0.259 e. The van der Waals surface area contributed by atoms with E-state index in [2.05, 4.69) is 154 Å². The molecule has 6 N–H and O–H groups in total. The minimum absolute atomic E-state index is 0.0283. The third-order valence-corrected chi connectivity index (χ3v) is 28.5. The number of nitrogens with one attached hydrogen (secondary N) is 4. The maximum absolute atomic E-state index is 13.4. The minimum Gasteiger partial charge on any atom is -0.411 e. The lowest BCUT2D eigenvalue weighted by Crippen LogP contribution is -2.46. The van der Waals surface area contributed by atoms with Crippen LogP contribution in [0, 0.1) is 0 Å². The van der Waals surface area contributed by atoms with E-state index >= 15 is 0 Å². The van der Waals surface area contributed by atoms with Crippen molar-refractivity contribution in [2.75, 3.05) is 0 Å². The van der Waals surface area contributed by atoms with Crippen molar-refractivity contribution in [1.82, 2.24) is 29.7 Å². The molecule has 1 saturated carbocycles. The number of rotatable bonds is 6. The van der Waals surface area contributed by atoms with Crippen molar-refractivity contribution in [2.45, 2.75) is 127 Å². The molecule has 14 rings (SSSR count). The zero-order valence-electron chi connectivity index (χ0n) is 46.1. The predicted octanol–water partition coefficient (Wildman–Crippen LogP) is 14.1. The van der Waals surface area contributed by atoms with Gasteiger partial charge in [0.15, 0.2) is 16.6 Å². The van der Waals surface area contributed by atoms with Gasteiger partial charge in [0.2, 0.25) is 0 Å². The normalized spacial score (nSPS) is 21.6. The maximum atomic E-state index is 13.4. The van der Waals surface area contributed by atoms with Crippen molar-refractivity contribution < 1.29 is 38.2 Å². The van der Waals surface area contributed by atoms with Gasteiger partial charge in [-0.15, -0.1) is 0 Å². The quantitative estimate of drug-likeness (QED) is 0.0538. The third kappa shape index (κ3) is 7.79. The molecule has 0 spiro atoms. The van der Waals surface area contributed by atoms with E-state index in [1.54, 1.807) is 0 Å². The van der Waals surface area contributed by atoms with Crippen LogP contribution in [0.2, 0.25) is 36.3 Å². The molecule has 80 heavy (non-hydrogen) atoms. The topological polar surface area (TPSA) is 193 Å². The van der Waals surface area contributed by atoms with E-state index in [4.69, 9.17) is 8.85 Å². The number of aliphatic hydroxyl groups is 2. The number of H-pyrrole nitrogens is 2. The zero-order chi connectivity index (χ0) is 56.6. The Morgan fingerprint density at radius 1 is 0.537 bits per heavy atom. The number of aliphatic hydroxyl groups excluding tert-OH is 2. The van der Waals surface area contributed by atoms with Crippen LogP contribution in [0.4, 0.5) is 0 Å². The molecule has 10 aromatic rings. The Bertz CT molecular complexity index is 4440. The molecule has 6 atom stereocenters. The van der Waals surface area contributed by atoms with Gasteiger partial charge in [0.05, 0.1) is 68.6 Å². The second-order valence-corrected chi connectivity index (χ2v) is 36.6. The first-order valence-corrected chi connectivity index (χ1v) is 34.7. The van der Waals surface area contributed by atoms with Crippen LogP contribution >= 0.6 is 31.9 Å². The highest BCUT2D eigenvalue weighted by Gasteiger charge is 2.50. The summed E-state index contributed by atoms with van der Waals surface area (Å²) in [5.41, 5.74) is 8.48. The Balaban J connectivity index is 0.000000151. The molecule has 4 aliphatic rings. The molecule has 6 heterocycles. The fourth-order valence-electron chi connectivity index (χ4n) is 12.7. The molecule has 2 aliphatic carbocycles. The summed E-state index contributed by atoms with van der Waals surface area (Å²) in [6, 6.07) is 27.3. The molecule has 0 radical (unpaired) electrons. The van der Waals surface area contributed by atoms with Crippen molar-refractivity contribution in [3.63, 3.8) is 0 Å². The average molecular weight is 1240 g/mol. The van der Waals surface area contributed by atoms with Crippen molar-refractivity contribution in [3.8, 4) is 0 Å². The molecule has 14 nitrogen and oxygen atoms in total. The van der Waals surface area contributed by atoms with E-state index in [0.29, 0.717) is 45.0 Å². The average Bonchev–Trinajstić information content (AvgIpc) is 3.87. The van der Waals surface area contributed by atoms with Crippen molar-refractivity contribution >= 4 is 159 Å². The highest BCUT2D eigenvalue weighted by atomic mass is 79.9. The Kier molecular flexibility index (Phi) is 12.0. The second-order valence-electron chi connectivity index (χ2n) is 25.2. The summed E-state index contributed by atoms with van der Waals surface area (Å²) in [5.74, 6) is -1.54. The summed E-state index contributed by atoms with van der Waals surface area (Å²) in [6.07, 6.45) is 2.98. The number of hydrogen-bond donors (Lipinski definition) is 6. The molecule has 6 aromatic carbocycles. The number of nitrogens with zero attached hydrogens (tertiary/aromatic N) is 2. The number of imide groups is 2. The Hall–Kier alpha value is -6.23. The van der Waals surface area contributed by atoms with E-state index in [0.717, 1.165) is 86.3 Å². The molecule has 18 heteroatoms. The van der Waals surface area contributed by atoms with Gasteiger partial charge in [0, 0.05) is 80.5 Å². The molecule has 2 aliphatic heterocycles. The van der Waals surface area contributed by atoms with Crippen LogP contribution in [0.3, 0.4) is 0 Å². The first kappa shape index (κ1) is 53.1. The molecule has 0 bridgehead atoms. The smallest absolute Gasteiger partial charge is 0.259 e. The van der Waals surface area contributed by atoms with Crippen LogP contribution in [0.5, 0.6) is 0 Å². The second kappa shape index (κ2) is 18.1. The van der Waals surface area contributed by atoms with E-state index in [9.17, 15) is 29.4 Å². The van der Waals surface area contributed by atoms with E-state index < -0.39 is 52.8 Å². The van der Waals surface area contributed by atoms with Crippen molar-refractivity contribution in [1.29, 1.82) is 0 Å². The van der Waals surface area contributed by atoms with Gasteiger partial charge in [-0.2, -0.15) is 0 Å². The Labute approximate surface area is 479 Å². The number of para-hydroxylation sites is 2. The number of benzene rings is 6. The number of carbonyl (C=O) groups excluding carboxylic acids is 4. The number of aromatic amines is 2. The number of hydrogen-bond acceptors (Lipinski definition) is 8. The number of fused-ring (bicyclic) bond motifs is 20. The van der Waals surface area contributed by atoms with Crippen LogP contribution in [0.25, 0.3) is 87.2 Å². The summed E-state index contributed by atoms with van der Waals surface area (Å²) >= 11 is 7.15. The number of aromatic nitrogens is 4. The van der Waals surface area contributed by atoms with E-state index in [1.807, 2.05) is 72.8 Å². The molecule has 1 fully saturated rings. The molecule has 410 valence electrons. The predicted molar refractivity (Wildman–Crippen MR) is 329 cm³/mol. The monoisotopic (exact) mass is 1230 g/mol. The largest absolute Gasteiger partial charge is 0.411 e. The number of carbonyl (C=O) groups is 4. The summed E-state index contributed by atoms with van der Waals surface area (Å²) < 4.78 is 19.6. The highest BCUT2D eigenvalue weighted by molar-refractivity contribution is 9.10. The molecule has 4 amide bonds. The van der Waals surface area contributed by atoms with E-state index in [1.165, 1.54) is 0 Å². The van der Waals surface area contributed by atoms with Gasteiger partial charge in [0.1, 0.15) is 12.2 Å². The van der Waals surface area contributed by atoms with Gasteiger partial charge in [-0.05, 0) is 91.2 Å². The fourth-order valence-corrected chi connectivity index (χ4v) is 16.0. The first-order chi connectivity index (χ1) is 37.8. The summed E-state index contributed by atoms with van der Waals surface area (Å²) in [7, 11) is -4.20. The van der Waals surface area contributed by atoms with Crippen molar-refractivity contribution in [3.05, 3.63) is 128 Å². The van der Waals surface area contributed by atoms with Crippen LogP contribution in [0.15, 0.2) is 106 Å². The zero-order valence-corrected chi connectivity index (χ0v) is 51.3. The Morgan fingerprint density at radius 3 is 1.46 bits per heavy atom. The first-order valence-electron chi connectivity index (χ1n) is 27.3. The molecular weight excluding hydrogens is 1170 g/mol. The third-order valence-electron chi connectivity index (χ3n) is 18.5. The Morgan fingerprint density at radius 2 is 0.975 bits per heavy atom. The molecule has 2 unspecified atom stereocenters. The van der Waals surface area contributed by atoms with Crippen LogP contribution in [0.1, 0.15) is 108 Å². The molecule has 0 saturated heterocycles. The van der Waals surface area contributed by atoms with Gasteiger partial charge in [-0.3, -0.25) is 29.8 Å². The number of allylic oxidation sites excluding steroid dienone is 1. The summed E-state index contributed by atoms with van der Waals surface area (Å²) in [5, 5.41) is 34.5. The molecule has 4 aromatic heterocycles. The van der Waals surface area contributed by atoms with Crippen molar-refractivity contribution in [2.24, 2.45) is 0 Å². The lowest BCUT2D eigenvalue weighted by atomic mass is 9.96. The fraction of sp³-hybridized carbons (Fsp3) is 0.323. The number of amides is 4. The lowest BCUT2D eigenvalue weighted by Gasteiger charge is -2.39. The van der Waals surface area contributed by atoms with Crippen LogP contribution in [-0.4, -0.2) is 94.0 Å². The van der Waals surface area contributed by atoms with Crippen LogP contribution < -0.4 is 10.6 Å². The molecular formula is C62H62Br2N6O8Si2. The van der Waals surface area contributed by atoms with Gasteiger partial charge in [-0.25, -0.2) is 0 Å². The van der Waals surface area contributed by atoms with Gasteiger partial charge in [-0.1, -0.05) is 122 Å². The van der Waals surface area contributed by atoms with Crippen LogP contribution in [-0.2, 0) is 8.85 Å². The van der Waals surface area contributed by atoms with Gasteiger partial charge < -0.3 is 38.2 Å².